The van der Waals surface area contributed by atoms with Crippen LogP contribution in [0.1, 0.15) is 35.2 Å². The zero-order valence-corrected chi connectivity index (χ0v) is 16.3. The van der Waals surface area contributed by atoms with Gasteiger partial charge in [0.15, 0.2) is 0 Å². The van der Waals surface area contributed by atoms with Crippen LogP contribution < -0.4 is 16.4 Å². The standard InChI is InChI=1S/C17H26N4O2.2ClH/c1-21(2)11-14-5-4-13(17(18)23)9-15(14)20-16(22)6-3-12-7-8-19-10-12;;/h4-5,9,12,19H,3,6-8,10-11H2,1-2H3,(H2,18,23)(H,20,22);2*1H. The highest BCUT2D eigenvalue weighted by Crippen LogP contribution is 2.21. The highest BCUT2D eigenvalue weighted by molar-refractivity contribution is 5.97. The SMILES string of the molecule is CN(C)Cc1ccc(C(N)=O)cc1NC(=O)CCC1CCNC1.Cl.Cl. The first kappa shape index (κ1) is 23.7. The Morgan fingerprint density at radius 2 is 2.04 bits per heavy atom. The van der Waals surface area contributed by atoms with Crippen LogP contribution in [0.25, 0.3) is 0 Å². The summed E-state index contributed by atoms with van der Waals surface area (Å²) in [7, 11) is 3.92. The number of rotatable bonds is 7. The van der Waals surface area contributed by atoms with Crippen molar-refractivity contribution < 1.29 is 9.59 Å². The topological polar surface area (TPSA) is 87.5 Å². The van der Waals surface area contributed by atoms with Gasteiger partial charge in [-0.15, -0.1) is 24.8 Å². The molecule has 0 aromatic heterocycles. The van der Waals surface area contributed by atoms with Gasteiger partial charge in [-0.3, -0.25) is 9.59 Å². The molecule has 1 aliphatic heterocycles. The Hall–Kier alpha value is -1.34. The summed E-state index contributed by atoms with van der Waals surface area (Å²) in [6, 6.07) is 5.20. The van der Waals surface area contributed by atoms with Crippen molar-refractivity contribution >= 4 is 42.3 Å². The maximum Gasteiger partial charge on any atom is 0.248 e. The molecular formula is C17H28Cl2N4O2. The number of nitrogens with zero attached hydrogens (tertiary/aromatic N) is 1. The van der Waals surface area contributed by atoms with Crippen LogP contribution in [0.4, 0.5) is 5.69 Å². The lowest BCUT2D eigenvalue weighted by Crippen LogP contribution is -2.19. The highest BCUT2D eigenvalue weighted by atomic mass is 35.5. The first-order chi connectivity index (χ1) is 11.0. The molecular weight excluding hydrogens is 363 g/mol. The van der Waals surface area contributed by atoms with Gasteiger partial charge in [-0.25, -0.2) is 0 Å². The Kier molecular flexibility index (Phi) is 10.7. The fraction of sp³-hybridized carbons (Fsp3) is 0.529. The van der Waals surface area contributed by atoms with Gasteiger partial charge < -0.3 is 21.3 Å². The summed E-state index contributed by atoms with van der Waals surface area (Å²) in [4.78, 5) is 25.6. The number of nitrogens with two attached hydrogens (primary N) is 1. The second-order valence-electron chi connectivity index (χ2n) is 6.42. The Balaban J connectivity index is 0.00000288. The van der Waals surface area contributed by atoms with Gasteiger partial charge in [-0.1, -0.05) is 6.07 Å². The molecule has 0 spiro atoms. The van der Waals surface area contributed by atoms with Crippen LogP contribution >= 0.6 is 24.8 Å². The lowest BCUT2D eigenvalue weighted by molar-refractivity contribution is -0.116. The zero-order valence-electron chi connectivity index (χ0n) is 14.7. The van der Waals surface area contributed by atoms with Crippen molar-refractivity contribution in [3.63, 3.8) is 0 Å². The van der Waals surface area contributed by atoms with Crippen molar-refractivity contribution in [3.05, 3.63) is 29.3 Å². The predicted molar refractivity (Wildman–Crippen MR) is 106 cm³/mol. The lowest BCUT2D eigenvalue weighted by Gasteiger charge is -2.16. The van der Waals surface area contributed by atoms with Gasteiger partial charge in [-0.2, -0.15) is 0 Å². The maximum atomic E-state index is 12.2. The average molecular weight is 391 g/mol. The molecule has 1 aromatic rings. The number of hydrogen-bond acceptors (Lipinski definition) is 4. The Morgan fingerprint density at radius 3 is 2.60 bits per heavy atom. The molecule has 1 saturated heterocycles. The Labute approximate surface area is 161 Å². The van der Waals surface area contributed by atoms with E-state index >= 15 is 0 Å². The second kappa shape index (κ2) is 11.3. The van der Waals surface area contributed by atoms with Gasteiger partial charge >= 0.3 is 0 Å². The van der Waals surface area contributed by atoms with Crippen LogP contribution in [0.2, 0.25) is 0 Å². The fourth-order valence-electron chi connectivity index (χ4n) is 2.83. The monoisotopic (exact) mass is 390 g/mol. The smallest absolute Gasteiger partial charge is 0.248 e. The molecule has 0 bridgehead atoms. The molecule has 0 radical (unpaired) electrons. The van der Waals surface area contributed by atoms with E-state index in [1.165, 1.54) is 0 Å². The molecule has 1 heterocycles. The molecule has 0 aliphatic carbocycles. The minimum absolute atomic E-state index is 0. The van der Waals surface area contributed by atoms with Gasteiger partial charge in [-0.05, 0) is 63.6 Å². The molecule has 6 nitrogen and oxygen atoms in total. The molecule has 1 fully saturated rings. The summed E-state index contributed by atoms with van der Waals surface area (Å²) >= 11 is 0. The first-order valence-electron chi connectivity index (χ1n) is 8.03. The Morgan fingerprint density at radius 1 is 1.32 bits per heavy atom. The van der Waals surface area contributed by atoms with E-state index in [1.807, 2.05) is 25.1 Å². The van der Waals surface area contributed by atoms with E-state index in [2.05, 4.69) is 10.6 Å². The van der Waals surface area contributed by atoms with Crippen molar-refractivity contribution in [2.75, 3.05) is 32.5 Å². The largest absolute Gasteiger partial charge is 0.366 e. The van der Waals surface area contributed by atoms with Crippen molar-refractivity contribution in [2.45, 2.75) is 25.8 Å². The van der Waals surface area contributed by atoms with E-state index in [0.29, 0.717) is 30.1 Å². The lowest BCUT2D eigenvalue weighted by atomic mass is 10.0. The van der Waals surface area contributed by atoms with Crippen LogP contribution in [-0.4, -0.2) is 43.9 Å². The highest BCUT2D eigenvalue weighted by Gasteiger charge is 2.16. The maximum absolute atomic E-state index is 12.2. The molecule has 4 N–H and O–H groups in total. The average Bonchev–Trinajstić information content (AvgIpc) is 2.99. The summed E-state index contributed by atoms with van der Waals surface area (Å²) < 4.78 is 0. The number of nitrogens with one attached hydrogen (secondary N) is 2. The van der Waals surface area contributed by atoms with Crippen molar-refractivity contribution in [2.24, 2.45) is 11.7 Å². The van der Waals surface area contributed by atoms with Gasteiger partial charge in [0, 0.05) is 24.2 Å². The summed E-state index contributed by atoms with van der Waals surface area (Å²) in [5.41, 5.74) is 7.38. The van der Waals surface area contributed by atoms with E-state index < -0.39 is 5.91 Å². The van der Waals surface area contributed by atoms with E-state index in [0.717, 1.165) is 31.5 Å². The van der Waals surface area contributed by atoms with Crippen LogP contribution in [0.5, 0.6) is 0 Å². The molecule has 142 valence electrons. The third kappa shape index (κ3) is 7.61. The zero-order chi connectivity index (χ0) is 16.8. The van der Waals surface area contributed by atoms with Crippen LogP contribution in [0.3, 0.4) is 0 Å². The molecule has 1 aromatic carbocycles. The van der Waals surface area contributed by atoms with E-state index in [1.54, 1.807) is 12.1 Å². The summed E-state index contributed by atoms with van der Waals surface area (Å²) in [6.45, 7) is 2.72. The molecule has 0 saturated carbocycles. The van der Waals surface area contributed by atoms with Crippen LogP contribution in [0, 0.1) is 5.92 Å². The van der Waals surface area contributed by atoms with Gasteiger partial charge in [0.05, 0.1) is 0 Å². The molecule has 1 atom stereocenters. The number of halogens is 2. The number of amides is 2. The molecule has 25 heavy (non-hydrogen) atoms. The van der Waals surface area contributed by atoms with Crippen LogP contribution in [0.15, 0.2) is 18.2 Å². The minimum Gasteiger partial charge on any atom is -0.366 e. The second-order valence-corrected chi connectivity index (χ2v) is 6.42. The number of carbonyl (C=O) groups excluding carboxylic acids is 2. The predicted octanol–water partition coefficient (Wildman–Crippen LogP) is 2.02. The van der Waals surface area contributed by atoms with Crippen molar-refractivity contribution in [1.29, 1.82) is 0 Å². The van der Waals surface area contributed by atoms with Crippen LogP contribution in [-0.2, 0) is 11.3 Å². The number of benzene rings is 1. The summed E-state index contributed by atoms with van der Waals surface area (Å²) in [5.74, 6) is 0.0754. The van der Waals surface area contributed by atoms with Gasteiger partial charge in [0.1, 0.15) is 0 Å². The number of hydrogen-bond donors (Lipinski definition) is 3. The first-order valence-corrected chi connectivity index (χ1v) is 8.03. The quantitative estimate of drug-likeness (QED) is 0.664. The summed E-state index contributed by atoms with van der Waals surface area (Å²) in [6.07, 6.45) is 2.52. The fourth-order valence-corrected chi connectivity index (χ4v) is 2.83. The molecule has 2 amide bonds. The molecule has 1 unspecified atom stereocenters. The van der Waals surface area contributed by atoms with E-state index in [9.17, 15) is 9.59 Å². The van der Waals surface area contributed by atoms with Crippen molar-refractivity contribution in [1.82, 2.24) is 10.2 Å². The van der Waals surface area contributed by atoms with E-state index in [4.69, 9.17) is 5.73 Å². The third-order valence-corrected chi connectivity index (χ3v) is 4.10. The number of primary amides is 1. The normalized spacial score (nSPS) is 16.0. The number of carbonyl (C=O) groups is 2. The molecule has 8 heteroatoms. The Bertz CT molecular complexity index is 576. The third-order valence-electron chi connectivity index (χ3n) is 4.10. The van der Waals surface area contributed by atoms with Gasteiger partial charge in [0.25, 0.3) is 0 Å². The molecule has 1 aliphatic rings. The summed E-state index contributed by atoms with van der Waals surface area (Å²) in [5, 5.41) is 6.25. The number of anilines is 1. The minimum atomic E-state index is -0.492. The van der Waals surface area contributed by atoms with E-state index in [-0.39, 0.29) is 30.7 Å². The van der Waals surface area contributed by atoms with Gasteiger partial charge in [0.2, 0.25) is 11.8 Å². The van der Waals surface area contributed by atoms with Crippen molar-refractivity contribution in [3.8, 4) is 0 Å². The molecule has 2 rings (SSSR count).